The number of hydrogen-bond acceptors (Lipinski definition) is 4. The van der Waals surface area contributed by atoms with E-state index in [2.05, 4.69) is 4.90 Å². The lowest BCUT2D eigenvalue weighted by atomic mass is 9.78. The van der Waals surface area contributed by atoms with Crippen LogP contribution in [0.2, 0.25) is 0 Å². The summed E-state index contributed by atoms with van der Waals surface area (Å²) in [7, 11) is 0. The highest BCUT2D eigenvalue weighted by Gasteiger charge is 2.50. The first-order valence-electron chi connectivity index (χ1n) is 7.98. The van der Waals surface area contributed by atoms with Crippen LogP contribution in [0.3, 0.4) is 0 Å². The highest BCUT2D eigenvalue weighted by Crippen LogP contribution is 2.45. The third kappa shape index (κ3) is 1.77. The first-order valence-corrected chi connectivity index (χ1v) is 7.98. The second-order valence-electron chi connectivity index (χ2n) is 6.71. The molecule has 0 unspecified atom stereocenters. The highest BCUT2D eigenvalue weighted by molar-refractivity contribution is 5.98. The van der Waals surface area contributed by atoms with E-state index >= 15 is 0 Å². The lowest BCUT2D eigenvalue weighted by Gasteiger charge is -2.48. The summed E-state index contributed by atoms with van der Waals surface area (Å²) in [5, 5.41) is 0. The molecule has 4 rings (SSSR count). The van der Waals surface area contributed by atoms with Crippen molar-refractivity contribution in [1.29, 1.82) is 0 Å². The normalized spacial score (nSPS) is 44.7. The minimum atomic E-state index is -0.0980. The van der Waals surface area contributed by atoms with Crippen LogP contribution in [-0.2, 0) is 14.3 Å². The largest absolute Gasteiger partial charge is 0.494 e. The van der Waals surface area contributed by atoms with Crippen LogP contribution in [0.25, 0.3) is 0 Å². The van der Waals surface area contributed by atoms with E-state index in [1.165, 1.54) is 19.4 Å². The van der Waals surface area contributed by atoms with Crippen molar-refractivity contribution in [3.63, 3.8) is 0 Å². The Labute approximate surface area is 120 Å². The number of nitrogens with zero attached hydrogens (tertiary/aromatic N) is 1. The molecule has 4 aliphatic rings. The van der Waals surface area contributed by atoms with Gasteiger partial charge in [-0.25, -0.2) is 0 Å². The first-order chi connectivity index (χ1) is 9.65. The third-order valence-electron chi connectivity index (χ3n) is 5.39. The molecule has 4 aliphatic heterocycles. The van der Waals surface area contributed by atoms with Gasteiger partial charge >= 0.3 is 0 Å². The zero-order valence-electron chi connectivity index (χ0n) is 12.3. The molecule has 110 valence electrons. The maximum atomic E-state index is 12.4. The van der Waals surface area contributed by atoms with Gasteiger partial charge in [0.05, 0.1) is 23.7 Å². The fourth-order valence-electron chi connectivity index (χ4n) is 4.60. The van der Waals surface area contributed by atoms with E-state index in [0.29, 0.717) is 12.5 Å². The topological polar surface area (TPSA) is 38.8 Å². The summed E-state index contributed by atoms with van der Waals surface area (Å²) in [5.74, 6) is 1.50. The number of carbonyl (C=O) groups excluding carboxylic acids is 1. The van der Waals surface area contributed by atoms with Crippen molar-refractivity contribution in [2.24, 2.45) is 5.92 Å². The molecule has 0 radical (unpaired) electrons. The Kier molecular flexibility index (Phi) is 2.93. The molecule has 4 heterocycles. The molecule has 0 amide bonds. The zero-order chi connectivity index (χ0) is 13.9. The fourth-order valence-corrected chi connectivity index (χ4v) is 4.60. The Hall–Kier alpha value is -0.870. The summed E-state index contributed by atoms with van der Waals surface area (Å²) in [6, 6.07) is 0.518. The van der Waals surface area contributed by atoms with Gasteiger partial charge in [-0.3, -0.25) is 9.69 Å². The van der Waals surface area contributed by atoms with Crippen LogP contribution < -0.4 is 0 Å². The van der Waals surface area contributed by atoms with E-state index < -0.39 is 0 Å². The van der Waals surface area contributed by atoms with Crippen molar-refractivity contribution in [3.8, 4) is 0 Å². The maximum Gasteiger partial charge on any atom is 0.168 e. The van der Waals surface area contributed by atoms with Gasteiger partial charge < -0.3 is 9.47 Å². The lowest BCUT2D eigenvalue weighted by molar-refractivity contribution is -0.134. The average molecular weight is 277 g/mol. The molecule has 5 atom stereocenters. The van der Waals surface area contributed by atoms with Crippen molar-refractivity contribution in [3.05, 3.63) is 11.3 Å². The Morgan fingerprint density at radius 1 is 1.20 bits per heavy atom. The number of fused-ring (bicyclic) bond motifs is 4. The smallest absolute Gasteiger partial charge is 0.168 e. The van der Waals surface area contributed by atoms with E-state index in [9.17, 15) is 4.79 Å². The van der Waals surface area contributed by atoms with E-state index in [0.717, 1.165) is 24.3 Å². The van der Waals surface area contributed by atoms with Gasteiger partial charge in [-0.05, 0) is 39.7 Å². The molecule has 0 N–H and O–H groups in total. The predicted molar refractivity (Wildman–Crippen MR) is 74.2 cm³/mol. The highest BCUT2D eigenvalue weighted by atomic mass is 16.5. The second kappa shape index (κ2) is 4.57. The van der Waals surface area contributed by atoms with Gasteiger partial charge in [0, 0.05) is 19.0 Å². The molecule has 0 spiro atoms. The van der Waals surface area contributed by atoms with Crippen molar-refractivity contribution >= 4 is 5.78 Å². The predicted octanol–water partition coefficient (Wildman–Crippen LogP) is 1.89. The summed E-state index contributed by atoms with van der Waals surface area (Å²) in [4.78, 5) is 15.0. The van der Waals surface area contributed by atoms with Crippen molar-refractivity contribution in [2.75, 3.05) is 13.1 Å². The van der Waals surface area contributed by atoms with Gasteiger partial charge in [-0.15, -0.1) is 0 Å². The molecule has 0 aliphatic carbocycles. The number of rotatable bonds is 0. The zero-order valence-corrected chi connectivity index (χ0v) is 12.3. The molecular formula is C16H23NO3. The lowest BCUT2D eigenvalue weighted by Crippen LogP contribution is -2.54. The Morgan fingerprint density at radius 3 is 2.90 bits per heavy atom. The SMILES string of the molecule is C[C@@H]1CC(=O)C2=C(O1)[C@H]1[C@H](CCN3CCC[C@H]13)O[C@@H]2C. The summed E-state index contributed by atoms with van der Waals surface area (Å²) in [6.45, 7) is 6.33. The molecule has 0 aromatic heterocycles. The van der Waals surface area contributed by atoms with Crippen LogP contribution in [0.1, 0.15) is 39.5 Å². The van der Waals surface area contributed by atoms with Crippen LogP contribution >= 0.6 is 0 Å². The Balaban J connectivity index is 1.77. The van der Waals surface area contributed by atoms with Crippen LogP contribution in [-0.4, -0.2) is 48.1 Å². The van der Waals surface area contributed by atoms with Crippen molar-refractivity contribution < 1.29 is 14.3 Å². The van der Waals surface area contributed by atoms with Crippen LogP contribution in [0.15, 0.2) is 11.3 Å². The number of piperidine rings is 1. The van der Waals surface area contributed by atoms with Crippen molar-refractivity contribution in [1.82, 2.24) is 4.90 Å². The van der Waals surface area contributed by atoms with E-state index in [4.69, 9.17) is 9.47 Å². The maximum absolute atomic E-state index is 12.4. The number of hydrogen-bond donors (Lipinski definition) is 0. The number of Topliss-reactive ketones (excluding diaryl/α,β-unsaturated/α-hetero) is 1. The Bertz CT molecular complexity index is 472. The van der Waals surface area contributed by atoms with E-state index in [1.807, 2.05) is 13.8 Å². The molecule has 4 heteroatoms. The molecule has 2 fully saturated rings. The molecular weight excluding hydrogens is 254 g/mol. The molecule has 4 nitrogen and oxygen atoms in total. The number of carbonyl (C=O) groups is 1. The molecule has 0 bridgehead atoms. The molecule has 0 saturated carbocycles. The summed E-state index contributed by atoms with van der Waals surface area (Å²) in [6.07, 6.45) is 4.19. The molecule has 20 heavy (non-hydrogen) atoms. The number of ketones is 1. The summed E-state index contributed by atoms with van der Waals surface area (Å²) < 4.78 is 12.3. The first kappa shape index (κ1) is 12.8. The quantitative estimate of drug-likeness (QED) is 0.678. The summed E-state index contributed by atoms with van der Waals surface area (Å²) >= 11 is 0. The molecule has 0 aromatic rings. The minimum Gasteiger partial charge on any atom is -0.494 e. The van der Waals surface area contributed by atoms with Crippen LogP contribution in [0.5, 0.6) is 0 Å². The van der Waals surface area contributed by atoms with E-state index in [-0.39, 0.29) is 30.0 Å². The van der Waals surface area contributed by atoms with Gasteiger partial charge in [0.15, 0.2) is 5.78 Å². The van der Waals surface area contributed by atoms with Gasteiger partial charge in [0.25, 0.3) is 0 Å². The number of ether oxygens (including phenoxy) is 2. The minimum absolute atomic E-state index is 0.0176. The van der Waals surface area contributed by atoms with Crippen LogP contribution in [0, 0.1) is 5.92 Å². The molecule has 2 saturated heterocycles. The average Bonchev–Trinajstić information content (AvgIpc) is 2.85. The standard InChI is InChI=1S/C16H23NO3/c1-9-8-12(18)14-10(2)20-13-5-7-17-6-3-4-11(17)15(13)16(14)19-9/h9-11,13,15H,3-8H2,1-2H3/t9-,10-,11-,13+,15-/m1/s1. The molecule has 0 aromatic carbocycles. The fraction of sp³-hybridized carbons (Fsp3) is 0.812. The van der Waals surface area contributed by atoms with Gasteiger partial charge in [-0.2, -0.15) is 0 Å². The van der Waals surface area contributed by atoms with Crippen LogP contribution in [0.4, 0.5) is 0 Å². The van der Waals surface area contributed by atoms with Crippen molar-refractivity contribution in [2.45, 2.75) is 63.9 Å². The van der Waals surface area contributed by atoms with E-state index in [1.54, 1.807) is 0 Å². The third-order valence-corrected chi connectivity index (χ3v) is 5.39. The Morgan fingerprint density at radius 2 is 2.05 bits per heavy atom. The van der Waals surface area contributed by atoms with Gasteiger partial charge in [0.1, 0.15) is 11.9 Å². The summed E-state index contributed by atoms with van der Waals surface area (Å²) in [5.41, 5.74) is 0.832. The monoisotopic (exact) mass is 277 g/mol. The second-order valence-corrected chi connectivity index (χ2v) is 6.71. The van der Waals surface area contributed by atoms with Gasteiger partial charge in [-0.1, -0.05) is 0 Å². The van der Waals surface area contributed by atoms with Gasteiger partial charge in [0.2, 0.25) is 0 Å².